The second-order valence-corrected chi connectivity index (χ2v) is 5.53. The van der Waals surface area contributed by atoms with Gasteiger partial charge in [-0.1, -0.05) is 0 Å². The normalized spacial score (nSPS) is 12.4. The van der Waals surface area contributed by atoms with Gasteiger partial charge < -0.3 is 9.67 Å². The Morgan fingerprint density at radius 2 is 1.79 bits per heavy atom. The largest absolute Gasteiger partial charge is 0.394 e. The van der Waals surface area contributed by atoms with Gasteiger partial charge in [0.2, 0.25) is 0 Å². The van der Waals surface area contributed by atoms with Crippen molar-refractivity contribution in [1.82, 2.24) is 19.5 Å². The minimum Gasteiger partial charge on any atom is -0.394 e. The molecule has 3 aromatic rings. The zero-order valence-electron chi connectivity index (χ0n) is 13.2. The molecule has 124 valence electrons. The van der Waals surface area contributed by atoms with Crippen molar-refractivity contribution in [3.63, 3.8) is 0 Å². The van der Waals surface area contributed by atoms with Crippen LogP contribution >= 0.6 is 0 Å². The van der Waals surface area contributed by atoms with E-state index in [9.17, 15) is 13.9 Å². The van der Waals surface area contributed by atoms with Crippen LogP contribution in [0.5, 0.6) is 0 Å². The van der Waals surface area contributed by atoms with Gasteiger partial charge in [-0.25, -0.2) is 23.7 Å². The Balaban J connectivity index is 2.21. The van der Waals surface area contributed by atoms with Crippen molar-refractivity contribution < 1.29 is 13.9 Å². The van der Waals surface area contributed by atoms with Crippen molar-refractivity contribution in [2.24, 2.45) is 0 Å². The lowest BCUT2D eigenvalue weighted by Gasteiger charge is -2.15. The summed E-state index contributed by atoms with van der Waals surface area (Å²) < 4.78 is 28.6. The van der Waals surface area contributed by atoms with Gasteiger partial charge in [0.15, 0.2) is 11.6 Å². The predicted octanol–water partition coefficient (Wildman–Crippen LogP) is 3.15. The fraction of sp³-hybridized carbons (Fsp3) is 0.235. The molecule has 0 spiro atoms. The maximum atomic E-state index is 13.6. The molecule has 7 heteroatoms. The third-order valence-corrected chi connectivity index (χ3v) is 3.78. The van der Waals surface area contributed by atoms with Gasteiger partial charge in [-0.05, 0) is 32.0 Å². The van der Waals surface area contributed by atoms with Crippen LogP contribution in [-0.2, 0) is 0 Å². The topological polar surface area (TPSA) is 63.8 Å². The molecule has 0 radical (unpaired) electrons. The highest BCUT2D eigenvalue weighted by Crippen LogP contribution is 2.33. The molecule has 0 saturated carbocycles. The molecule has 0 amide bonds. The van der Waals surface area contributed by atoms with Crippen molar-refractivity contribution in [2.75, 3.05) is 6.61 Å². The van der Waals surface area contributed by atoms with E-state index in [1.165, 1.54) is 6.07 Å². The number of hydrogen-bond donors (Lipinski definition) is 1. The lowest BCUT2D eigenvalue weighted by Crippen LogP contribution is -2.10. The van der Waals surface area contributed by atoms with E-state index in [1.807, 2.05) is 6.92 Å². The second-order valence-electron chi connectivity index (χ2n) is 5.53. The Kier molecular flexibility index (Phi) is 4.35. The van der Waals surface area contributed by atoms with E-state index in [4.69, 9.17) is 0 Å². The summed E-state index contributed by atoms with van der Waals surface area (Å²) in [5, 5.41) is 9.47. The summed E-state index contributed by atoms with van der Waals surface area (Å²) in [4.78, 5) is 12.7. The monoisotopic (exact) mass is 330 g/mol. The van der Waals surface area contributed by atoms with Gasteiger partial charge in [-0.3, -0.25) is 0 Å². The number of imidazole rings is 1. The standard InChI is InChI=1S/C17H16F2N4O/c1-10(8-24)23-9-22-16(12-3-4-14(18)15(19)5-12)17(23)13-6-20-11(2)21-7-13/h3-7,9-10,24H,8H2,1-2H3/t10-/m1/s1. The molecule has 2 aromatic heterocycles. The van der Waals surface area contributed by atoms with E-state index in [1.54, 1.807) is 30.2 Å². The van der Waals surface area contributed by atoms with Crippen molar-refractivity contribution in [3.05, 3.63) is 54.4 Å². The molecule has 1 aromatic carbocycles. The summed E-state index contributed by atoms with van der Waals surface area (Å²) in [6, 6.07) is 3.39. The van der Waals surface area contributed by atoms with Gasteiger partial charge in [-0.15, -0.1) is 0 Å². The van der Waals surface area contributed by atoms with Crippen LogP contribution < -0.4 is 0 Å². The number of rotatable bonds is 4. The van der Waals surface area contributed by atoms with Gasteiger partial charge >= 0.3 is 0 Å². The van der Waals surface area contributed by atoms with Gasteiger partial charge in [0.1, 0.15) is 5.82 Å². The fourth-order valence-electron chi connectivity index (χ4n) is 2.44. The molecule has 2 heterocycles. The zero-order chi connectivity index (χ0) is 17.3. The Bertz CT molecular complexity index is 862. The quantitative estimate of drug-likeness (QED) is 0.798. The molecule has 5 nitrogen and oxygen atoms in total. The Morgan fingerprint density at radius 1 is 1.08 bits per heavy atom. The number of halogens is 2. The highest BCUT2D eigenvalue weighted by Gasteiger charge is 2.19. The molecular weight excluding hydrogens is 314 g/mol. The molecule has 0 aliphatic rings. The maximum absolute atomic E-state index is 13.6. The van der Waals surface area contributed by atoms with Gasteiger partial charge in [0, 0.05) is 23.5 Å². The van der Waals surface area contributed by atoms with Gasteiger partial charge in [0.05, 0.1) is 30.4 Å². The molecule has 0 bridgehead atoms. The summed E-state index contributed by atoms with van der Waals surface area (Å²) in [6.45, 7) is 3.51. The van der Waals surface area contributed by atoms with E-state index < -0.39 is 11.6 Å². The van der Waals surface area contributed by atoms with Crippen LogP contribution in [0.3, 0.4) is 0 Å². The predicted molar refractivity (Wildman–Crippen MR) is 85.1 cm³/mol. The zero-order valence-corrected chi connectivity index (χ0v) is 13.2. The first-order valence-corrected chi connectivity index (χ1v) is 7.43. The molecule has 0 aliphatic heterocycles. The summed E-state index contributed by atoms with van der Waals surface area (Å²) in [6.07, 6.45) is 4.85. The molecule has 0 fully saturated rings. The van der Waals surface area contributed by atoms with E-state index in [0.717, 1.165) is 12.1 Å². The molecular formula is C17H16F2N4O. The van der Waals surface area contributed by atoms with Crippen LogP contribution in [0, 0.1) is 18.6 Å². The van der Waals surface area contributed by atoms with Gasteiger partial charge in [0.25, 0.3) is 0 Å². The van der Waals surface area contributed by atoms with Crippen LogP contribution in [0.15, 0.2) is 36.9 Å². The molecule has 0 saturated heterocycles. The summed E-state index contributed by atoms with van der Waals surface area (Å²) in [7, 11) is 0. The molecule has 24 heavy (non-hydrogen) atoms. The second kappa shape index (κ2) is 6.45. The van der Waals surface area contributed by atoms with Crippen LogP contribution in [-0.4, -0.2) is 31.2 Å². The minimum absolute atomic E-state index is 0.0900. The van der Waals surface area contributed by atoms with Crippen LogP contribution in [0.2, 0.25) is 0 Å². The number of aliphatic hydroxyl groups is 1. The number of nitrogens with zero attached hydrogens (tertiary/aromatic N) is 4. The number of aliphatic hydroxyl groups excluding tert-OH is 1. The average Bonchev–Trinajstić information content (AvgIpc) is 3.02. The molecule has 1 N–H and O–H groups in total. The Morgan fingerprint density at radius 3 is 2.42 bits per heavy atom. The number of aryl methyl sites for hydroxylation is 1. The molecule has 3 rings (SSSR count). The van der Waals surface area contributed by atoms with Crippen molar-refractivity contribution in [1.29, 1.82) is 0 Å². The molecule has 0 aliphatic carbocycles. The van der Waals surface area contributed by atoms with Crippen molar-refractivity contribution >= 4 is 0 Å². The fourth-order valence-corrected chi connectivity index (χ4v) is 2.44. The first-order chi connectivity index (χ1) is 11.5. The lowest BCUT2D eigenvalue weighted by atomic mass is 10.1. The van der Waals surface area contributed by atoms with E-state index in [0.29, 0.717) is 28.3 Å². The molecule has 1 atom stereocenters. The SMILES string of the molecule is Cc1ncc(-c2c(-c3ccc(F)c(F)c3)ncn2[C@H](C)CO)cn1. The van der Waals surface area contributed by atoms with Crippen LogP contribution in [0.1, 0.15) is 18.8 Å². The Hall–Kier alpha value is -2.67. The van der Waals surface area contributed by atoms with E-state index >= 15 is 0 Å². The summed E-state index contributed by atoms with van der Waals surface area (Å²) in [5.41, 5.74) is 2.23. The summed E-state index contributed by atoms with van der Waals surface area (Å²) in [5.74, 6) is -1.24. The number of hydrogen-bond acceptors (Lipinski definition) is 4. The first-order valence-electron chi connectivity index (χ1n) is 7.43. The number of aromatic nitrogens is 4. The van der Waals surface area contributed by atoms with Gasteiger partial charge in [-0.2, -0.15) is 0 Å². The highest BCUT2D eigenvalue weighted by atomic mass is 19.2. The number of benzene rings is 1. The minimum atomic E-state index is -0.941. The molecule has 0 unspecified atom stereocenters. The highest BCUT2D eigenvalue weighted by molar-refractivity contribution is 5.78. The van der Waals surface area contributed by atoms with Crippen LogP contribution in [0.25, 0.3) is 22.5 Å². The lowest BCUT2D eigenvalue weighted by molar-refractivity contribution is 0.239. The average molecular weight is 330 g/mol. The smallest absolute Gasteiger partial charge is 0.159 e. The van der Waals surface area contributed by atoms with E-state index in [-0.39, 0.29) is 12.6 Å². The third kappa shape index (κ3) is 2.90. The third-order valence-electron chi connectivity index (χ3n) is 3.78. The van der Waals surface area contributed by atoms with E-state index in [2.05, 4.69) is 15.0 Å². The van der Waals surface area contributed by atoms with Crippen LogP contribution in [0.4, 0.5) is 8.78 Å². The van der Waals surface area contributed by atoms with Crippen molar-refractivity contribution in [2.45, 2.75) is 19.9 Å². The maximum Gasteiger partial charge on any atom is 0.159 e. The Labute approximate surface area is 137 Å². The summed E-state index contributed by atoms with van der Waals surface area (Å²) >= 11 is 0. The first kappa shape index (κ1) is 16.2. The van der Waals surface area contributed by atoms with Crippen molar-refractivity contribution in [3.8, 4) is 22.5 Å².